The van der Waals surface area contributed by atoms with Gasteiger partial charge in [0.2, 0.25) is 0 Å². The number of nitrogens with zero attached hydrogens (tertiary/aromatic N) is 1. The first-order valence-electron chi connectivity index (χ1n) is 5.32. The summed E-state index contributed by atoms with van der Waals surface area (Å²) in [7, 11) is 4.07. The number of hydrogen-bond donors (Lipinski definition) is 1. The normalized spacial score (nSPS) is 10.8. The van der Waals surface area contributed by atoms with Crippen LogP contribution < -0.4 is 10.5 Å². The predicted molar refractivity (Wildman–Crippen MR) is 70.2 cm³/mol. The van der Waals surface area contributed by atoms with Gasteiger partial charge in [0.15, 0.2) is 0 Å². The predicted octanol–water partition coefficient (Wildman–Crippen LogP) is 1.81. The molecule has 1 aromatic carbocycles. The summed E-state index contributed by atoms with van der Waals surface area (Å²) in [6.07, 6.45) is 2.05. The minimum absolute atomic E-state index is 0.522. The molecule has 90 valence electrons. The average molecular weight is 240 g/mol. The van der Waals surface area contributed by atoms with E-state index >= 15 is 0 Å². The molecule has 16 heavy (non-hydrogen) atoms. The second-order valence-electron chi connectivity index (χ2n) is 3.79. The zero-order valence-electron chi connectivity index (χ0n) is 10.2. The molecule has 0 amide bonds. The molecule has 0 spiro atoms. The third kappa shape index (κ3) is 3.70. The number of hydrogen-bond acceptors (Lipinski definition) is 4. The van der Waals surface area contributed by atoms with Gasteiger partial charge in [-0.1, -0.05) is 6.07 Å². The Bertz CT molecular complexity index is 329. The summed E-state index contributed by atoms with van der Waals surface area (Å²) in [5, 5.41) is 0. The molecule has 1 rings (SSSR count). The smallest absolute Gasteiger partial charge is 0.124 e. The van der Waals surface area contributed by atoms with Crippen molar-refractivity contribution < 1.29 is 4.74 Å². The average Bonchev–Trinajstić information content (AvgIpc) is 2.28. The number of likely N-dealkylation sites (N-methyl/N-ethyl adjacent to an activating group) is 1. The van der Waals surface area contributed by atoms with E-state index in [1.54, 1.807) is 11.8 Å². The van der Waals surface area contributed by atoms with Gasteiger partial charge in [0.25, 0.3) is 0 Å². The van der Waals surface area contributed by atoms with Crippen LogP contribution in [0.25, 0.3) is 0 Å². The number of rotatable bonds is 6. The Morgan fingerprint density at radius 2 is 2.12 bits per heavy atom. The Morgan fingerprint density at radius 3 is 2.69 bits per heavy atom. The lowest BCUT2D eigenvalue weighted by Crippen LogP contribution is -2.20. The highest BCUT2D eigenvalue weighted by Gasteiger charge is 2.07. The molecule has 0 fully saturated rings. The van der Waals surface area contributed by atoms with Crippen LogP contribution in [0.3, 0.4) is 0 Å². The molecule has 4 heteroatoms. The van der Waals surface area contributed by atoms with Gasteiger partial charge in [0, 0.05) is 23.5 Å². The molecule has 0 radical (unpaired) electrons. The highest BCUT2D eigenvalue weighted by molar-refractivity contribution is 7.98. The number of ether oxygens (including phenoxy) is 1. The van der Waals surface area contributed by atoms with Crippen molar-refractivity contribution in [2.24, 2.45) is 5.73 Å². The molecule has 3 nitrogen and oxygen atoms in total. The zero-order valence-corrected chi connectivity index (χ0v) is 11.0. The lowest BCUT2D eigenvalue weighted by Gasteiger charge is -2.15. The molecule has 0 bridgehead atoms. The molecular weight excluding hydrogens is 220 g/mol. The van der Waals surface area contributed by atoms with E-state index in [-0.39, 0.29) is 0 Å². The summed E-state index contributed by atoms with van der Waals surface area (Å²) < 4.78 is 5.75. The fraction of sp³-hybridized carbons (Fsp3) is 0.500. The molecule has 1 aromatic rings. The van der Waals surface area contributed by atoms with E-state index in [2.05, 4.69) is 17.2 Å². The molecule has 0 unspecified atom stereocenters. The largest absolute Gasteiger partial charge is 0.492 e. The van der Waals surface area contributed by atoms with Crippen molar-refractivity contribution >= 4 is 11.8 Å². The quantitative estimate of drug-likeness (QED) is 0.770. The topological polar surface area (TPSA) is 38.5 Å². The van der Waals surface area contributed by atoms with Gasteiger partial charge in [-0.25, -0.2) is 0 Å². The van der Waals surface area contributed by atoms with Gasteiger partial charge in [-0.15, -0.1) is 11.8 Å². The van der Waals surface area contributed by atoms with Crippen molar-refractivity contribution in [3.8, 4) is 5.75 Å². The van der Waals surface area contributed by atoms with E-state index in [1.807, 2.05) is 26.2 Å². The van der Waals surface area contributed by atoms with Crippen LogP contribution in [0, 0.1) is 0 Å². The van der Waals surface area contributed by atoms with Crippen molar-refractivity contribution in [1.29, 1.82) is 0 Å². The van der Waals surface area contributed by atoms with Crippen molar-refractivity contribution in [3.63, 3.8) is 0 Å². The van der Waals surface area contributed by atoms with Crippen LogP contribution >= 0.6 is 11.8 Å². The Kier molecular flexibility index (Phi) is 5.66. The second-order valence-corrected chi connectivity index (χ2v) is 4.64. The first kappa shape index (κ1) is 13.4. The maximum absolute atomic E-state index is 5.75. The summed E-state index contributed by atoms with van der Waals surface area (Å²) in [6.45, 7) is 2.12. The zero-order chi connectivity index (χ0) is 12.0. The monoisotopic (exact) mass is 240 g/mol. The molecule has 0 aliphatic carbocycles. The van der Waals surface area contributed by atoms with Crippen LogP contribution in [0.4, 0.5) is 0 Å². The summed E-state index contributed by atoms with van der Waals surface area (Å²) in [5.41, 5.74) is 6.86. The first-order chi connectivity index (χ1) is 7.69. The fourth-order valence-electron chi connectivity index (χ4n) is 1.41. The molecular formula is C12H20N2OS. The molecule has 2 N–H and O–H groups in total. The van der Waals surface area contributed by atoms with E-state index in [1.165, 1.54) is 4.90 Å². The summed E-state index contributed by atoms with van der Waals surface area (Å²) in [4.78, 5) is 3.30. The van der Waals surface area contributed by atoms with Gasteiger partial charge in [0.1, 0.15) is 12.4 Å². The number of thioether (sulfide) groups is 1. The third-order valence-electron chi connectivity index (χ3n) is 2.31. The van der Waals surface area contributed by atoms with Gasteiger partial charge >= 0.3 is 0 Å². The Morgan fingerprint density at radius 1 is 1.38 bits per heavy atom. The Balaban J connectivity index is 2.71. The minimum Gasteiger partial charge on any atom is -0.492 e. The van der Waals surface area contributed by atoms with Crippen LogP contribution in [0.1, 0.15) is 5.56 Å². The standard InChI is InChI=1S/C12H20N2OS/c1-14(2)7-8-15-11-5-4-6-12(16-3)10(11)9-13/h4-6H,7-9,13H2,1-3H3. The minimum atomic E-state index is 0.522. The molecule has 0 heterocycles. The SMILES string of the molecule is CSc1cccc(OCCN(C)C)c1CN. The number of nitrogens with two attached hydrogens (primary N) is 1. The summed E-state index contributed by atoms with van der Waals surface area (Å²) >= 11 is 1.70. The van der Waals surface area contributed by atoms with Gasteiger partial charge in [-0.3, -0.25) is 0 Å². The first-order valence-corrected chi connectivity index (χ1v) is 6.55. The van der Waals surface area contributed by atoms with Gasteiger partial charge < -0.3 is 15.4 Å². The molecule has 0 aromatic heterocycles. The summed E-state index contributed by atoms with van der Waals surface area (Å²) in [5.74, 6) is 0.913. The molecule has 0 saturated heterocycles. The molecule has 0 atom stereocenters. The van der Waals surface area contributed by atoms with E-state index in [0.29, 0.717) is 13.2 Å². The van der Waals surface area contributed by atoms with Crippen LogP contribution in [-0.4, -0.2) is 38.4 Å². The van der Waals surface area contributed by atoms with Crippen LogP contribution in [0.5, 0.6) is 5.75 Å². The van der Waals surface area contributed by atoms with E-state index < -0.39 is 0 Å². The Labute approximate surface area is 102 Å². The second kappa shape index (κ2) is 6.78. The van der Waals surface area contributed by atoms with Crippen molar-refractivity contribution in [2.45, 2.75) is 11.4 Å². The van der Waals surface area contributed by atoms with Crippen molar-refractivity contribution in [2.75, 3.05) is 33.5 Å². The molecule has 0 aliphatic rings. The molecule has 0 aliphatic heterocycles. The van der Waals surface area contributed by atoms with Crippen LogP contribution in [-0.2, 0) is 6.54 Å². The van der Waals surface area contributed by atoms with Crippen molar-refractivity contribution in [1.82, 2.24) is 4.90 Å². The third-order valence-corrected chi connectivity index (χ3v) is 3.13. The maximum atomic E-state index is 5.75. The van der Waals surface area contributed by atoms with E-state index in [9.17, 15) is 0 Å². The molecule has 0 saturated carbocycles. The number of benzene rings is 1. The van der Waals surface area contributed by atoms with Crippen LogP contribution in [0.15, 0.2) is 23.1 Å². The van der Waals surface area contributed by atoms with Gasteiger partial charge in [0.05, 0.1) is 0 Å². The van der Waals surface area contributed by atoms with Gasteiger partial charge in [-0.2, -0.15) is 0 Å². The Hall–Kier alpha value is -0.710. The lowest BCUT2D eigenvalue weighted by molar-refractivity contribution is 0.259. The van der Waals surface area contributed by atoms with E-state index in [4.69, 9.17) is 10.5 Å². The highest BCUT2D eigenvalue weighted by atomic mass is 32.2. The lowest BCUT2D eigenvalue weighted by atomic mass is 10.2. The highest BCUT2D eigenvalue weighted by Crippen LogP contribution is 2.28. The fourth-order valence-corrected chi connectivity index (χ4v) is 2.06. The van der Waals surface area contributed by atoms with Crippen LogP contribution in [0.2, 0.25) is 0 Å². The van der Waals surface area contributed by atoms with Gasteiger partial charge in [-0.05, 0) is 32.5 Å². The maximum Gasteiger partial charge on any atom is 0.124 e. The van der Waals surface area contributed by atoms with Crippen molar-refractivity contribution in [3.05, 3.63) is 23.8 Å². The summed E-state index contributed by atoms with van der Waals surface area (Å²) in [6, 6.07) is 6.07. The van der Waals surface area contributed by atoms with E-state index in [0.717, 1.165) is 17.9 Å².